The maximum absolute atomic E-state index is 5.80. The Morgan fingerprint density at radius 2 is 1.90 bits per heavy atom. The zero-order valence-corrected chi connectivity index (χ0v) is 13.0. The van der Waals surface area contributed by atoms with Crippen LogP contribution in [0.5, 0.6) is 5.75 Å². The van der Waals surface area contributed by atoms with Gasteiger partial charge in [-0.1, -0.05) is 12.1 Å². The largest absolute Gasteiger partial charge is 0.497 e. The van der Waals surface area contributed by atoms with Gasteiger partial charge in [-0.25, -0.2) is 0 Å². The van der Waals surface area contributed by atoms with Crippen molar-refractivity contribution in [3.63, 3.8) is 0 Å². The van der Waals surface area contributed by atoms with Crippen LogP contribution in [0.1, 0.15) is 20.9 Å². The van der Waals surface area contributed by atoms with E-state index in [2.05, 4.69) is 18.3 Å². The number of ether oxygens (including phenoxy) is 2. The SMILES string of the molecule is CNCc1cc(COCc2ccc(OC)cc2)c(C)s1. The molecule has 1 aromatic heterocycles. The summed E-state index contributed by atoms with van der Waals surface area (Å²) < 4.78 is 10.9. The van der Waals surface area contributed by atoms with Crippen LogP contribution in [-0.2, 0) is 24.5 Å². The molecule has 0 spiro atoms. The van der Waals surface area contributed by atoms with Gasteiger partial charge in [0.1, 0.15) is 5.75 Å². The third-order valence-corrected chi connectivity index (χ3v) is 4.20. The third-order valence-electron chi connectivity index (χ3n) is 3.11. The fourth-order valence-electron chi connectivity index (χ4n) is 1.99. The van der Waals surface area contributed by atoms with Gasteiger partial charge in [-0.2, -0.15) is 0 Å². The molecule has 108 valence electrons. The minimum atomic E-state index is 0.626. The van der Waals surface area contributed by atoms with Gasteiger partial charge in [0.2, 0.25) is 0 Å². The predicted molar refractivity (Wildman–Crippen MR) is 83.3 cm³/mol. The Morgan fingerprint density at radius 1 is 1.15 bits per heavy atom. The first kappa shape index (κ1) is 15.0. The van der Waals surface area contributed by atoms with Gasteiger partial charge in [-0.15, -0.1) is 11.3 Å². The van der Waals surface area contributed by atoms with Gasteiger partial charge in [-0.05, 0) is 43.3 Å². The first-order chi connectivity index (χ1) is 9.72. The molecule has 0 fully saturated rings. The van der Waals surface area contributed by atoms with Crippen molar-refractivity contribution < 1.29 is 9.47 Å². The second kappa shape index (κ2) is 7.43. The summed E-state index contributed by atoms with van der Waals surface area (Å²) in [5, 5.41) is 3.18. The van der Waals surface area contributed by atoms with Gasteiger partial charge >= 0.3 is 0 Å². The number of thiophene rings is 1. The number of benzene rings is 1. The van der Waals surface area contributed by atoms with Gasteiger partial charge < -0.3 is 14.8 Å². The van der Waals surface area contributed by atoms with E-state index in [1.165, 1.54) is 15.3 Å². The predicted octanol–water partition coefficient (Wildman–Crippen LogP) is 3.50. The van der Waals surface area contributed by atoms with Crippen molar-refractivity contribution in [3.05, 3.63) is 51.2 Å². The maximum atomic E-state index is 5.80. The Bertz CT molecular complexity index is 534. The molecule has 0 aliphatic rings. The van der Waals surface area contributed by atoms with E-state index in [1.807, 2.05) is 42.6 Å². The lowest BCUT2D eigenvalue weighted by Gasteiger charge is -2.05. The Kier molecular flexibility index (Phi) is 5.59. The van der Waals surface area contributed by atoms with Gasteiger partial charge in [0.05, 0.1) is 20.3 Å². The zero-order chi connectivity index (χ0) is 14.4. The summed E-state index contributed by atoms with van der Waals surface area (Å²) in [5.74, 6) is 0.874. The minimum Gasteiger partial charge on any atom is -0.497 e. The molecule has 0 bridgehead atoms. The molecule has 4 heteroatoms. The van der Waals surface area contributed by atoms with Crippen LogP contribution in [0.4, 0.5) is 0 Å². The average molecular weight is 291 g/mol. The molecule has 20 heavy (non-hydrogen) atoms. The lowest BCUT2D eigenvalue weighted by Crippen LogP contribution is -2.02. The highest BCUT2D eigenvalue weighted by Gasteiger charge is 2.05. The number of nitrogens with one attached hydrogen (secondary N) is 1. The average Bonchev–Trinajstić information content (AvgIpc) is 2.80. The van der Waals surface area contributed by atoms with Gasteiger partial charge in [0.15, 0.2) is 0 Å². The van der Waals surface area contributed by atoms with Crippen LogP contribution in [0.3, 0.4) is 0 Å². The molecule has 1 heterocycles. The van der Waals surface area contributed by atoms with E-state index in [0.29, 0.717) is 13.2 Å². The Morgan fingerprint density at radius 3 is 2.55 bits per heavy atom. The minimum absolute atomic E-state index is 0.626. The normalized spacial score (nSPS) is 10.8. The molecule has 0 aliphatic carbocycles. The summed E-state index contributed by atoms with van der Waals surface area (Å²) in [5.41, 5.74) is 2.45. The van der Waals surface area contributed by atoms with Crippen molar-refractivity contribution in [1.82, 2.24) is 5.32 Å². The summed E-state index contributed by atoms with van der Waals surface area (Å²) >= 11 is 1.83. The number of methoxy groups -OCH3 is 1. The lowest BCUT2D eigenvalue weighted by molar-refractivity contribution is 0.107. The number of aryl methyl sites for hydroxylation is 1. The number of rotatable bonds is 7. The molecule has 0 amide bonds. The Hall–Kier alpha value is -1.36. The van der Waals surface area contributed by atoms with Crippen molar-refractivity contribution in [2.24, 2.45) is 0 Å². The van der Waals surface area contributed by atoms with Crippen molar-refractivity contribution in [2.75, 3.05) is 14.2 Å². The van der Waals surface area contributed by atoms with Crippen LogP contribution in [0.25, 0.3) is 0 Å². The second-order valence-corrected chi connectivity index (χ2v) is 6.01. The van der Waals surface area contributed by atoms with Crippen LogP contribution in [-0.4, -0.2) is 14.2 Å². The number of hydrogen-bond donors (Lipinski definition) is 1. The first-order valence-electron chi connectivity index (χ1n) is 6.66. The Labute approximate surface area is 124 Å². The van der Waals surface area contributed by atoms with Crippen molar-refractivity contribution in [1.29, 1.82) is 0 Å². The molecule has 2 aromatic rings. The van der Waals surface area contributed by atoms with Crippen LogP contribution in [0, 0.1) is 6.92 Å². The highest BCUT2D eigenvalue weighted by atomic mass is 32.1. The van der Waals surface area contributed by atoms with Crippen LogP contribution in [0.15, 0.2) is 30.3 Å². The van der Waals surface area contributed by atoms with E-state index < -0.39 is 0 Å². The molecule has 0 saturated heterocycles. The first-order valence-corrected chi connectivity index (χ1v) is 7.48. The molecular formula is C16H21NO2S. The third kappa shape index (κ3) is 4.07. The highest BCUT2D eigenvalue weighted by Crippen LogP contribution is 2.22. The summed E-state index contributed by atoms with van der Waals surface area (Å²) in [6.45, 7) is 4.36. The lowest BCUT2D eigenvalue weighted by atomic mass is 10.2. The summed E-state index contributed by atoms with van der Waals surface area (Å²) in [4.78, 5) is 2.69. The van der Waals surface area contributed by atoms with Crippen molar-refractivity contribution in [2.45, 2.75) is 26.7 Å². The molecule has 3 nitrogen and oxygen atoms in total. The molecule has 0 unspecified atom stereocenters. The van der Waals surface area contributed by atoms with E-state index in [9.17, 15) is 0 Å². The highest BCUT2D eigenvalue weighted by molar-refractivity contribution is 7.12. The fraction of sp³-hybridized carbons (Fsp3) is 0.375. The molecule has 0 atom stereocenters. The number of hydrogen-bond acceptors (Lipinski definition) is 4. The van der Waals surface area contributed by atoms with E-state index in [1.54, 1.807) is 7.11 Å². The van der Waals surface area contributed by atoms with Gasteiger partial charge in [0.25, 0.3) is 0 Å². The summed E-state index contributed by atoms with van der Waals surface area (Å²) in [6, 6.07) is 10.2. The van der Waals surface area contributed by atoms with Crippen molar-refractivity contribution >= 4 is 11.3 Å². The van der Waals surface area contributed by atoms with E-state index in [-0.39, 0.29) is 0 Å². The van der Waals surface area contributed by atoms with Gasteiger partial charge in [-0.3, -0.25) is 0 Å². The zero-order valence-electron chi connectivity index (χ0n) is 12.2. The molecule has 1 aromatic carbocycles. The molecular weight excluding hydrogens is 270 g/mol. The molecule has 2 rings (SSSR count). The van der Waals surface area contributed by atoms with Crippen LogP contribution >= 0.6 is 11.3 Å². The second-order valence-electron chi connectivity index (χ2n) is 4.67. The van der Waals surface area contributed by atoms with Crippen LogP contribution < -0.4 is 10.1 Å². The smallest absolute Gasteiger partial charge is 0.118 e. The summed E-state index contributed by atoms with van der Waals surface area (Å²) in [6.07, 6.45) is 0. The molecule has 0 radical (unpaired) electrons. The van der Waals surface area contributed by atoms with E-state index in [0.717, 1.165) is 17.9 Å². The van der Waals surface area contributed by atoms with Crippen molar-refractivity contribution in [3.8, 4) is 5.75 Å². The maximum Gasteiger partial charge on any atom is 0.118 e. The van der Waals surface area contributed by atoms with Crippen LogP contribution in [0.2, 0.25) is 0 Å². The van der Waals surface area contributed by atoms with E-state index >= 15 is 0 Å². The molecule has 0 aliphatic heterocycles. The quantitative estimate of drug-likeness (QED) is 0.847. The Balaban J connectivity index is 1.85. The van der Waals surface area contributed by atoms with Gasteiger partial charge in [0, 0.05) is 16.3 Å². The van der Waals surface area contributed by atoms with E-state index in [4.69, 9.17) is 9.47 Å². The molecule has 0 saturated carbocycles. The standard InChI is InChI=1S/C16H21NO2S/c1-12-14(8-16(20-12)9-17-2)11-19-10-13-4-6-15(18-3)7-5-13/h4-8,17H,9-11H2,1-3H3. The summed E-state index contributed by atoms with van der Waals surface area (Å²) in [7, 11) is 3.64. The molecule has 1 N–H and O–H groups in total. The monoisotopic (exact) mass is 291 g/mol. The fourth-order valence-corrected chi connectivity index (χ4v) is 3.05. The topological polar surface area (TPSA) is 30.5 Å².